The molecule has 0 aromatic carbocycles. The smallest absolute Gasteiger partial charge is 0.287 e. The van der Waals surface area contributed by atoms with Crippen molar-refractivity contribution >= 4 is 7.82 Å². The van der Waals surface area contributed by atoms with Gasteiger partial charge in [-0.25, -0.2) is 4.57 Å². The van der Waals surface area contributed by atoms with Gasteiger partial charge in [0.25, 0.3) is 0 Å². The third-order valence-corrected chi connectivity index (χ3v) is 7.78. The zero-order valence-electron chi connectivity index (χ0n) is 24.6. The third-order valence-electron chi connectivity index (χ3n) is 6.28. The van der Waals surface area contributed by atoms with Gasteiger partial charge in [-0.1, -0.05) is 0 Å². The summed E-state index contributed by atoms with van der Waals surface area (Å²) in [5, 5.41) is 0. The number of hydrogen-bond acceptors (Lipinski definition) is 4. The molecule has 0 rings (SSSR count). The van der Waals surface area contributed by atoms with Crippen molar-refractivity contribution in [1.82, 2.24) is 0 Å². The molecule has 0 aliphatic heterocycles. The summed E-state index contributed by atoms with van der Waals surface area (Å²) in [4.78, 5) is 0. The Kier molecular flexibility index (Phi) is 15.1. The van der Waals surface area contributed by atoms with E-state index >= 15 is 0 Å². The first-order valence-electron chi connectivity index (χ1n) is 13.0. The van der Waals surface area contributed by atoms with E-state index in [9.17, 15) is 123 Å². The molecule has 0 heterocycles. The second kappa shape index (κ2) is 15.6. The molecule has 0 fully saturated rings. The summed E-state index contributed by atoms with van der Waals surface area (Å²) in [7, 11) is -6.05. The van der Waals surface area contributed by atoms with E-state index in [-0.39, 0.29) is 0 Å². The second-order valence-electron chi connectivity index (χ2n) is 10.3. The summed E-state index contributed by atoms with van der Waals surface area (Å²) in [6, 6.07) is 0. The maximum absolute atomic E-state index is 13.6. The van der Waals surface area contributed by atoms with Crippen LogP contribution in [0.2, 0.25) is 0 Å². The minimum atomic E-state index is -7.43. The van der Waals surface area contributed by atoms with Crippen LogP contribution in [0, 0.1) is 0 Å². The minimum Gasteiger partial charge on any atom is -0.287 e. The van der Waals surface area contributed by atoms with E-state index < -0.39 is 138 Å². The Morgan fingerprint density at radius 3 is 0.623 bits per heavy atom. The summed E-state index contributed by atoms with van der Waals surface area (Å²) < 4.78 is 374. The lowest BCUT2D eigenvalue weighted by molar-refractivity contribution is -0.396. The highest BCUT2D eigenvalue weighted by molar-refractivity contribution is 7.48. The number of halogens is 27. The summed E-state index contributed by atoms with van der Waals surface area (Å²) in [6.45, 7) is -5.92. The van der Waals surface area contributed by atoms with Gasteiger partial charge in [0.1, 0.15) is 0 Å². The highest BCUT2D eigenvalue weighted by Crippen LogP contribution is 2.58. The maximum atomic E-state index is 13.6. The fourth-order valence-electron chi connectivity index (χ4n) is 3.22. The van der Waals surface area contributed by atoms with Crippen LogP contribution in [0.4, 0.5) is 119 Å². The van der Waals surface area contributed by atoms with Crippen molar-refractivity contribution in [2.75, 3.05) is 19.8 Å². The van der Waals surface area contributed by atoms with E-state index in [1.54, 1.807) is 0 Å². The zero-order valence-corrected chi connectivity index (χ0v) is 25.5. The molecule has 0 bridgehead atoms. The van der Waals surface area contributed by atoms with Gasteiger partial charge in [-0.05, 0) is 19.3 Å². The van der Waals surface area contributed by atoms with Crippen molar-refractivity contribution in [3.63, 3.8) is 0 Å². The molecule has 0 radical (unpaired) electrons. The van der Waals surface area contributed by atoms with Crippen molar-refractivity contribution in [1.29, 1.82) is 0 Å². The Balaban J connectivity index is 5.99. The highest BCUT2D eigenvalue weighted by atomic mass is 31.2. The summed E-state index contributed by atoms with van der Waals surface area (Å²) in [5.41, 5.74) is 0. The molecule has 320 valence electrons. The van der Waals surface area contributed by atoms with Crippen molar-refractivity contribution in [2.45, 2.75) is 110 Å². The molecule has 0 aromatic heterocycles. The van der Waals surface area contributed by atoms with Crippen LogP contribution in [0.15, 0.2) is 0 Å². The lowest BCUT2D eigenvalue weighted by Crippen LogP contribution is -2.60. The predicted molar refractivity (Wildman–Crippen MR) is 116 cm³/mol. The van der Waals surface area contributed by atoms with E-state index in [1.807, 2.05) is 0 Å². The molecule has 0 saturated heterocycles. The summed E-state index contributed by atoms with van der Waals surface area (Å²) in [6.07, 6.45) is -36.2. The first-order valence-corrected chi connectivity index (χ1v) is 14.5. The fourth-order valence-corrected chi connectivity index (χ4v) is 4.50. The monoisotopic (exact) mass is 878 g/mol. The van der Waals surface area contributed by atoms with Crippen LogP contribution in [0.5, 0.6) is 0 Å². The Bertz CT molecular complexity index is 1090. The van der Waals surface area contributed by atoms with Gasteiger partial charge in [0.05, 0.1) is 19.8 Å². The number of phosphoric acid groups is 1. The standard InChI is InChI=1S/C21H18F27O4P/c22-10(23,13(28,29)16(34,35)19(40,41)42)4-1-7-50-53(49,51-8-2-5-11(24,25)14(30,31)17(36,37)20(43,44)45)52-9-3-6-12(26,27)15(32,33)18(38,39)21(46,47)48/h1-9H2. The van der Waals surface area contributed by atoms with E-state index in [0.29, 0.717) is 0 Å². The minimum absolute atomic E-state index is 1.96. The van der Waals surface area contributed by atoms with Crippen LogP contribution in [0.3, 0.4) is 0 Å². The normalized spacial score (nSPS) is 16.1. The predicted octanol–water partition coefficient (Wildman–Crippen LogP) is 11.9. The van der Waals surface area contributed by atoms with Crippen molar-refractivity contribution in [2.24, 2.45) is 0 Å². The average Bonchev–Trinajstić information content (AvgIpc) is 2.93. The Hall–Kier alpha value is -1.78. The molecule has 0 saturated carbocycles. The molecule has 32 heteroatoms. The number of hydrogen-bond donors (Lipinski definition) is 0. The quantitative estimate of drug-likeness (QED) is 0.0655. The molecule has 0 aliphatic carbocycles. The second-order valence-corrected chi connectivity index (χ2v) is 12.0. The molecule has 0 amide bonds. The first kappa shape index (κ1) is 51.2. The lowest BCUT2D eigenvalue weighted by atomic mass is 10.00. The summed E-state index contributed by atoms with van der Waals surface area (Å²) in [5.74, 6) is -63.1. The van der Waals surface area contributed by atoms with Gasteiger partial charge in [0.2, 0.25) is 0 Å². The maximum Gasteiger partial charge on any atom is 0.474 e. The molecule has 0 atom stereocenters. The van der Waals surface area contributed by atoms with E-state index in [2.05, 4.69) is 13.6 Å². The molecular weight excluding hydrogens is 860 g/mol. The lowest BCUT2D eigenvalue weighted by Gasteiger charge is -2.34. The van der Waals surface area contributed by atoms with Gasteiger partial charge in [0.15, 0.2) is 0 Å². The van der Waals surface area contributed by atoms with Gasteiger partial charge in [-0.15, -0.1) is 0 Å². The first-order chi connectivity index (χ1) is 22.9. The van der Waals surface area contributed by atoms with Gasteiger partial charge in [-0.3, -0.25) is 13.6 Å². The molecule has 0 unspecified atom stereocenters. The van der Waals surface area contributed by atoms with Gasteiger partial charge in [0, 0.05) is 19.3 Å². The van der Waals surface area contributed by atoms with Crippen LogP contribution in [0.1, 0.15) is 38.5 Å². The summed E-state index contributed by atoms with van der Waals surface area (Å²) >= 11 is 0. The highest BCUT2D eigenvalue weighted by Gasteiger charge is 2.83. The van der Waals surface area contributed by atoms with Crippen molar-refractivity contribution < 1.29 is 137 Å². The van der Waals surface area contributed by atoms with Gasteiger partial charge < -0.3 is 0 Å². The molecule has 4 nitrogen and oxygen atoms in total. The molecule has 0 aliphatic rings. The molecule has 0 N–H and O–H groups in total. The number of phosphoric ester groups is 1. The van der Waals surface area contributed by atoms with Crippen LogP contribution in [-0.2, 0) is 18.1 Å². The van der Waals surface area contributed by atoms with Crippen LogP contribution in [0.25, 0.3) is 0 Å². The topological polar surface area (TPSA) is 44.8 Å². The van der Waals surface area contributed by atoms with Crippen LogP contribution >= 0.6 is 7.82 Å². The molecular formula is C21H18F27O4P. The fraction of sp³-hybridized carbons (Fsp3) is 1.00. The van der Waals surface area contributed by atoms with E-state index in [0.717, 1.165) is 0 Å². The number of rotatable bonds is 21. The Morgan fingerprint density at radius 1 is 0.302 bits per heavy atom. The largest absolute Gasteiger partial charge is 0.474 e. The van der Waals surface area contributed by atoms with E-state index in [4.69, 9.17) is 0 Å². The molecule has 0 aromatic rings. The third kappa shape index (κ3) is 10.3. The van der Waals surface area contributed by atoms with E-state index in [1.165, 1.54) is 0 Å². The zero-order chi connectivity index (χ0) is 43.0. The van der Waals surface area contributed by atoms with Crippen LogP contribution < -0.4 is 0 Å². The van der Waals surface area contributed by atoms with Gasteiger partial charge >= 0.3 is 79.7 Å². The Morgan fingerprint density at radius 2 is 0.472 bits per heavy atom. The van der Waals surface area contributed by atoms with Gasteiger partial charge in [-0.2, -0.15) is 119 Å². The Labute approximate surface area is 275 Å². The van der Waals surface area contributed by atoms with Crippen molar-refractivity contribution in [3.05, 3.63) is 0 Å². The SMILES string of the molecule is O=P(OCCCC(F)(F)C(F)(F)C(F)(F)C(F)(F)F)(OCCCC(F)(F)C(F)(F)C(F)(F)C(F)(F)F)OCCCC(F)(F)C(F)(F)C(F)(F)C(F)(F)F. The number of alkyl halides is 27. The molecule has 53 heavy (non-hydrogen) atoms. The molecule has 0 spiro atoms. The van der Waals surface area contributed by atoms with Crippen LogP contribution in [-0.4, -0.2) is 91.7 Å². The average molecular weight is 878 g/mol. The van der Waals surface area contributed by atoms with Crippen molar-refractivity contribution in [3.8, 4) is 0 Å².